The van der Waals surface area contributed by atoms with Crippen molar-refractivity contribution in [1.29, 1.82) is 0 Å². The van der Waals surface area contributed by atoms with Crippen LogP contribution in [0, 0.1) is 0 Å². The van der Waals surface area contributed by atoms with Gasteiger partial charge in [-0.25, -0.2) is 4.79 Å². The lowest BCUT2D eigenvalue weighted by atomic mass is 9.85. The van der Waals surface area contributed by atoms with Gasteiger partial charge in [-0.3, -0.25) is 14.9 Å². The maximum absolute atomic E-state index is 13.9. The maximum Gasteiger partial charge on any atom is 0.437 e. The highest BCUT2D eigenvalue weighted by Crippen LogP contribution is 2.39. The number of likely N-dealkylation sites (tertiary alicyclic amines) is 1. The van der Waals surface area contributed by atoms with Gasteiger partial charge in [-0.15, -0.1) is 4.99 Å². The van der Waals surface area contributed by atoms with E-state index in [-0.39, 0.29) is 23.6 Å². The number of halogens is 3. The maximum atomic E-state index is 13.9. The van der Waals surface area contributed by atoms with Crippen molar-refractivity contribution in [2.75, 3.05) is 13.1 Å². The number of rotatable bonds is 5. The molecule has 1 saturated heterocycles. The smallest absolute Gasteiger partial charge is 0.437 e. The Morgan fingerprint density at radius 2 is 1.78 bits per heavy atom. The van der Waals surface area contributed by atoms with Gasteiger partial charge in [0.05, 0.1) is 5.56 Å². The van der Waals surface area contributed by atoms with E-state index < -0.39 is 35.6 Å². The summed E-state index contributed by atoms with van der Waals surface area (Å²) in [6, 6.07) is 12.1. The number of nitrogens with one attached hydrogen (secondary N) is 1. The van der Waals surface area contributed by atoms with Crippen LogP contribution in [0.3, 0.4) is 0 Å². The fourth-order valence-electron chi connectivity index (χ4n) is 4.03. The van der Waals surface area contributed by atoms with Gasteiger partial charge in [-0.1, -0.05) is 43.3 Å². The Morgan fingerprint density at radius 1 is 1.11 bits per heavy atom. The first-order valence-corrected chi connectivity index (χ1v) is 11.4. The van der Waals surface area contributed by atoms with E-state index in [9.17, 15) is 27.6 Å². The van der Waals surface area contributed by atoms with Gasteiger partial charge in [0.1, 0.15) is 6.61 Å². The van der Waals surface area contributed by atoms with Crippen LogP contribution in [-0.2, 0) is 22.3 Å². The number of hydrogen-bond acceptors (Lipinski definition) is 4. The van der Waals surface area contributed by atoms with Gasteiger partial charge in [-0.05, 0) is 42.0 Å². The molecule has 3 rings (SSSR count). The number of aliphatic imine (C=N–C) groups is 1. The lowest BCUT2D eigenvalue weighted by Crippen LogP contribution is -2.38. The number of piperidine rings is 1. The number of benzene rings is 2. The predicted octanol–water partition coefficient (Wildman–Crippen LogP) is 4.20. The number of carbonyl (C=O) groups excluding carboxylic acids is 3. The molecule has 36 heavy (non-hydrogen) atoms. The zero-order chi connectivity index (χ0) is 26.3. The summed E-state index contributed by atoms with van der Waals surface area (Å²) in [4.78, 5) is 41.2. The van der Waals surface area contributed by atoms with Crippen LogP contribution < -0.4 is 11.1 Å². The standard InChI is InChI=1S/C25H27F3N4O4/c1-2-21(33)32-12-10-17(11-13-32)19-9-8-18(14-20(19)25(26,27)28)22(34)30-23(29)31-24(35)36-15-16-6-4-3-5-7-16/h3-9,14,17H,2,10-13,15H2,1H3,(H3,29,30,31,34,35). The third kappa shape index (κ3) is 7.06. The second kappa shape index (κ2) is 11.7. The molecule has 0 bridgehead atoms. The largest absolute Gasteiger partial charge is 0.443 e. The first-order chi connectivity index (χ1) is 17.1. The molecule has 1 heterocycles. The molecule has 1 fully saturated rings. The molecular weight excluding hydrogens is 477 g/mol. The molecule has 2 aromatic rings. The van der Waals surface area contributed by atoms with Crippen molar-refractivity contribution in [3.63, 3.8) is 0 Å². The van der Waals surface area contributed by atoms with Crippen molar-refractivity contribution in [2.45, 2.75) is 44.9 Å². The van der Waals surface area contributed by atoms with E-state index in [4.69, 9.17) is 10.5 Å². The number of hydrogen-bond donors (Lipinski definition) is 2. The average Bonchev–Trinajstić information content (AvgIpc) is 2.86. The number of ether oxygens (including phenoxy) is 1. The number of nitrogens with zero attached hydrogens (tertiary/aromatic N) is 2. The molecule has 8 nitrogen and oxygen atoms in total. The van der Waals surface area contributed by atoms with Crippen molar-refractivity contribution in [1.82, 2.24) is 10.2 Å². The minimum absolute atomic E-state index is 0.0280. The molecule has 0 radical (unpaired) electrons. The SMILES string of the molecule is CCC(=O)N1CCC(c2ccc(C(=O)N/C(N)=N\C(=O)OCc3ccccc3)cc2C(F)(F)F)CC1. The van der Waals surface area contributed by atoms with Crippen LogP contribution in [0.25, 0.3) is 0 Å². The van der Waals surface area contributed by atoms with E-state index in [1.54, 1.807) is 42.2 Å². The second-order valence-corrected chi connectivity index (χ2v) is 8.30. The Morgan fingerprint density at radius 3 is 2.39 bits per heavy atom. The van der Waals surface area contributed by atoms with Crippen LogP contribution in [0.2, 0.25) is 0 Å². The second-order valence-electron chi connectivity index (χ2n) is 8.30. The van der Waals surface area contributed by atoms with E-state index in [2.05, 4.69) is 10.3 Å². The Hall–Kier alpha value is -3.89. The Kier molecular flexibility index (Phi) is 8.68. The molecule has 0 spiro atoms. The molecule has 3 N–H and O–H groups in total. The lowest BCUT2D eigenvalue weighted by Gasteiger charge is -2.33. The first kappa shape index (κ1) is 26.7. The number of carbonyl (C=O) groups is 3. The minimum atomic E-state index is -4.69. The zero-order valence-corrected chi connectivity index (χ0v) is 19.7. The van der Waals surface area contributed by atoms with Crippen molar-refractivity contribution < 1.29 is 32.3 Å². The molecule has 0 aromatic heterocycles. The highest BCUT2D eigenvalue weighted by Gasteiger charge is 2.37. The van der Waals surface area contributed by atoms with Crippen molar-refractivity contribution in [3.8, 4) is 0 Å². The summed E-state index contributed by atoms with van der Waals surface area (Å²) in [5.74, 6) is -1.98. The van der Waals surface area contributed by atoms with Crippen LogP contribution in [0.5, 0.6) is 0 Å². The normalized spacial score (nSPS) is 14.9. The summed E-state index contributed by atoms with van der Waals surface area (Å²) >= 11 is 0. The van der Waals surface area contributed by atoms with Crippen LogP contribution in [0.4, 0.5) is 18.0 Å². The number of alkyl halides is 3. The molecule has 1 aliphatic heterocycles. The van der Waals surface area contributed by atoms with Crippen molar-refractivity contribution >= 4 is 23.9 Å². The summed E-state index contributed by atoms with van der Waals surface area (Å²) in [5.41, 5.74) is 5.14. The van der Waals surface area contributed by atoms with E-state index in [0.717, 1.165) is 6.07 Å². The third-order valence-electron chi connectivity index (χ3n) is 5.87. The summed E-state index contributed by atoms with van der Waals surface area (Å²) < 4.78 is 46.5. The van der Waals surface area contributed by atoms with Gasteiger partial charge in [0.15, 0.2) is 0 Å². The van der Waals surface area contributed by atoms with Gasteiger partial charge < -0.3 is 15.4 Å². The fraction of sp³-hybridized carbons (Fsp3) is 0.360. The van der Waals surface area contributed by atoms with Gasteiger partial charge in [-0.2, -0.15) is 13.2 Å². The lowest BCUT2D eigenvalue weighted by molar-refractivity contribution is -0.139. The van der Waals surface area contributed by atoms with E-state index in [1.807, 2.05) is 0 Å². The molecule has 11 heteroatoms. The topological polar surface area (TPSA) is 114 Å². The minimum Gasteiger partial charge on any atom is -0.443 e. The van der Waals surface area contributed by atoms with Gasteiger partial charge in [0, 0.05) is 25.1 Å². The molecule has 1 aliphatic rings. The highest BCUT2D eigenvalue weighted by atomic mass is 19.4. The van der Waals surface area contributed by atoms with Crippen LogP contribution in [0.1, 0.15) is 59.2 Å². The fourth-order valence-corrected chi connectivity index (χ4v) is 4.03. The molecular formula is C25H27F3N4O4. The summed E-state index contributed by atoms with van der Waals surface area (Å²) in [7, 11) is 0. The van der Waals surface area contributed by atoms with Crippen molar-refractivity contribution in [2.24, 2.45) is 10.7 Å². The quantitative estimate of drug-likeness (QED) is 0.468. The number of nitrogens with two attached hydrogens (primary N) is 1. The predicted molar refractivity (Wildman–Crippen MR) is 126 cm³/mol. The summed E-state index contributed by atoms with van der Waals surface area (Å²) in [6.45, 7) is 2.44. The van der Waals surface area contributed by atoms with Crippen LogP contribution in [-0.4, -0.2) is 41.9 Å². The Labute approximate surface area is 206 Å². The highest BCUT2D eigenvalue weighted by molar-refractivity contribution is 6.07. The molecule has 2 aromatic carbocycles. The van der Waals surface area contributed by atoms with E-state index >= 15 is 0 Å². The Bertz CT molecular complexity index is 1130. The summed E-state index contributed by atoms with van der Waals surface area (Å²) in [5, 5.41) is 2.10. The molecule has 0 unspecified atom stereocenters. The molecule has 0 atom stereocenters. The number of guanidine groups is 1. The van der Waals surface area contributed by atoms with Crippen LogP contribution in [0.15, 0.2) is 53.5 Å². The number of amides is 3. The van der Waals surface area contributed by atoms with Crippen LogP contribution >= 0.6 is 0 Å². The molecule has 0 aliphatic carbocycles. The van der Waals surface area contributed by atoms with Gasteiger partial charge >= 0.3 is 12.3 Å². The van der Waals surface area contributed by atoms with Gasteiger partial charge in [0.25, 0.3) is 5.91 Å². The monoisotopic (exact) mass is 504 g/mol. The van der Waals surface area contributed by atoms with Crippen molar-refractivity contribution in [3.05, 3.63) is 70.8 Å². The third-order valence-corrected chi connectivity index (χ3v) is 5.87. The summed E-state index contributed by atoms with van der Waals surface area (Å²) in [6.07, 6.45) is -4.62. The van der Waals surface area contributed by atoms with E-state index in [0.29, 0.717) is 37.9 Å². The molecule has 192 valence electrons. The molecule has 0 saturated carbocycles. The Balaban J connectivity index is 1.68. The zero-order valence-electron chi connectivity index (χ0n) is 19.7. The first-order valence-electron chi connectivity index (χ1n) is 11.4. The van der Waals surface area contributed by atoms with E-state index in [1.165, 1.54) is 12.1 Å². The molecule has 3 amide bonds. The van der Waals surface area contributed by atoms with Gasteiger partial charge in [0.2, 0.25) is 11.9 Å². The average molecular weight is 505 g/mol.